The minimum Gasteiger partial charge on any atom is -0.495 e. The Labute approximate surface area is 101 Å². The van der Waals surface area contributed by atoms with Crippen LogP contribution in [0, 0.1) is 11.3 Å². The quantitative estimate of drug-likeness (QED) is 0.856. The largest absolute Gasteiger partial charge is 0.495 e. The molecule has 0 bridgehead atoms. The Morgan fingerprint density at radius 2 is 2.35 bits per heavy atom. The number of carbonyl (C=O) groups excluding carboxylic acids is 1. The number of hydrogen-bond donors (Lipinski definition) is 1. The summed E-state index contributed by atoms with van der Waals surface area (Å²) in [4.78, 5) is 10.7. The van der Waals surface area contributed by atoms with Gasteiger partial charge in [0.1, 0.15) is 17.4 Å². The van der Waals surface area contributed by atoms with Gasteiger partial charge in [-0.3, -0.25) is 4.79 Å². The first kappa shape index (κ1) is 12.8. The van der Waals surface area contributed by atoms with Crippen molar-refractivity contribution in [2.45, 2.75) is 6.92 Å². The molecular formula is C13H14N2O2. The Hall–Kier alpha value is -2.28. The first-order valence-electron chi connectivity index (χ1n) is 5.17. The fourth-order valence-corrected chi connectivity index (χ4v) is 1.37. The molecule has 4 heteroatoms. The zero-order valence-corrected chi connectivity index (χ0v) is 9.86. The van der Waals surface area contributed by atoms with E-state index in [2.05, 4.69) is 11.4 Å². The topological polar surface area (TPSA) is 62.1 Å². The van der Waals surface area contributed by atoms with Gasteiger partial charge in [-0.15, -0.1) is 0 Å². The van der Waals surface area contributed by atoms with Crippen LogP contribution in [0.25, 0.3) is 6.08 Å². The standard InChI is InChI=1S/C13H14N2O2/c1-10(16)15-8-4-6-11-5-3-7-13(17-2)12(11)9-14/h3-7H,8H2,1-2H3,(H,15,16). The van der Waals surface area contributed by atoms with E-state index in [0.29, 0.717) is 17.9 Å². The second kappa shape index (κ2) is 6.33. The molecule has 1 amide bonds. The number of nitrogens with zero attached hydrogens (tertiary/aromatic N) is 1. The fourth-order valence-electron chi connectivity index (χ4n) is 1.37. The summed E-state index contributed by atoms with van der Waals surface area (Å²) < 4.78 is 5.10. The lowest BCUT2D eigenvalue weighted by molar-refractivity contribution is -0.118. The zero-order chi connectivity index (χ0) is 12.7. The predicted octanol–water partition coefficient (Wildman–Crippen LogP) is 1.72. The molecule has 17 heavy (non-hydrogen) atoms. The summed E-state index contributed by atoms with van der Waals surface area (Å²) >= 11 is 0. The summed E-state index contributed by atoms with van der Waals surface area (Å²) in [5.41, 5.74) is 1.27. The van der Waals surface area contributed by atoms with Crippen LogP contribution < -0.4 is 10.1 Å². The second-order valence-electron chi connectivity index (χ2n) is 3.38. The van der Waals surface area contributed by atoms with Crippen LogP contribution in [0.2, 0.25) is 0 Å². The summed E-state index contributed by atoms with van der Waals surface area (Å²) in [5.74, 6) is 0.468. The van der Waals surface area contributed by atoms with Gasteiger partial charge in [-0.25, -0.2) is 0 Å². The molecule has 0 unspecified atom stereocenters. The minimum atomic E-state index is -0.0826. The van der Waals surface area contributed by atoms with Crippen molar-refractivity contribution in [1.29, 1.82) is 5.26 Å². The molecular weight excluding hydrogens is 216 g/mol. The van der Waals surface area contributed by atoms with Crippen LogP contribution in [0.1, 0.15) is 18.1 Å². The van der Waals surface area contributed by atoms with Crippen LogP contribution in [0.5, 0.6) is 5.75 Å². The monoisotopic (exact) mass is 230 g/mol. The fraction of sp³-hybridized carbons (Fsp3) is 0.231. The molecule has 4 nitrogen and oxygen atoms in total. The van der Waals surface area contributed by atoms with E-state index in [1.165, 1.54) is 14.0 Å². The van der Waals surface area contributed by atoms with Crippen LogP contribution in [0.4, 0.5) is 0 Å². The molecule has 1 N–H and O–H groups in total. The van der Waals surface area contributed by atoms with Gasteiger partial charge in [0.25, 0.3) is 0 Å². The van der Waals surface area contributed by atoms with E-state index in [-0.39, 0.29) is 5.91 Å². The maximum absolute atomic E-state index is 10.7. The molecule has 1 rings (SSSR count). The molecule has 0 heterocycles. The average Bonchev–Trinajstić information content (AvgIpc) is 2.33. The Kier molecular flexibility index (Phi) is 4.77. The highest BCUT2D eigenvalue weighted by molar-refractivity contribution is 5.73. The number of ether oxygens (including phenoxy) is 1. The maximum Gasteiger partial charge on any atom is 0.217 e. The molecule has 0 fully saturated rings. The third-order valence-electron chi connectivity index (χ3n) is 2.16. The molecule has 0 aliphatic rings. The van der Waals surface area contributed by atoms with Crippen LogP contribution >= 0.6 is 0 Å². The van der Waals surface area contributed by atoms with Gasteiger partial charge in [0.15, 0.2) is 0 Å². The molecule has 0 aromatic heterocycles. The van der Waals surface area contributed by atoms with Gasteiger partial charge < -0.3 is 10.1 Å². The molecule has 0 saturated heterocycles. The van der Waals surface area contributed by atoms with E-state index in [4.69, 9.17) is 10.00 Å². The van der Waals surface area contributed by atoms with Gasteiger partial charge in [0.2, 0.25) is 5.91 Å². The Balaban J connectivity index is 2.84. The van der Waals surface area contributed by atoms with Crippen LogP contribution in [-0.2, 0) is 4.79 Å². The predicted molar refractivity (Wildman–Crippen MR) is 65.4 cm³/mol. The lowest BCUT2D eigenvalue weighted by Crippen LogP contribution is -2.19. The van der Waals surface area contributed by atoms with Gasteiger partial charge in [-0.1, -0.05) is 24.3 Å². The third-order valence-corrected chi connectivity index (χ3v) is 2.16. The van der Waals surface area contributed by atoms with Crippen LogP contribution in [0.15, 0.2) is 24.3 Å². The normalized spacial score (nSPS) is 9.94. The zero-order valence-electron chi connectivity index (χ0n) is 9.86. The number of benzene rings is 1. The molecule has 1 aromatic rings. The summed E-state index contributed by atoms with van der Waals surface area (Å²) in [6.07, 6.45) is 3.58. The summed E-state index contributed by atoms with van der Waals surface area (Å²) in [7, 11) is 1.53. The Morgan fingerprint density at radius 3 is 2.94 bits per heavy atom. The molecule has 0 atom stereocenters. The van der Waals surface area contributed by atoms with Gasteiger partial charge in [-0.05, 0) is 11.6 Å². The number of nitrogens with one attached hydrogen (secondary N) is 1. The van der Waals surface area contributed by atoms with E-state index < -0.39 is 0 Å². The van der Waals surface area contributed by atoms with Gasteiger partial charge in [0.05, 0.1) is 7.11 Å². The van der Waals surface area contributed by atoms with Crippen molar-refractivity contribution in [3.63, 3.8) is 0 Å². The summed E-state index contributed by atoms with van der Waals surface area (Å²) in [6, 6.07) is 7.48. The van der Waals surface area contributed by atoms with Gasteiger partial charge in [0, 0.05) is 13.5 Å². The van der Waals surface area contributed by atoms with Crippen LogP contribution in [-0.4, -0.2) is 19.6 Å². The molecule has 0 saturated carbocycles. The van der Waals surface area contributed by atoms with Crippen molar-refractivity contribution in [1.82, 2.24) is 5.32 Å². The second-order valence-corrected chi connectivity index (χ2v) is 3.38. The maximum atomic E-state index is 10.7. The number of hydrogen-bond acceptors (Lipinski definition) is 3. The highest BCUT2D eigenvalue weighted by Gasteiger charge is 2.05. The molecule has 0 aliphatic carbocycles. The number of rotatable bonds is 4. The van der Waals surface area contributed by atoms with E-state index in [9.17, 15) is 4.79 Å². The Morgan fingerprint density at radius 1 is 1.59 bits per heavy atom. The van der Waals surface area contributed by atoms with Crippen molar-refractivity contribution in [3.8, 4) is 11.8 Å². The SMILES string of the molecule is COc1cccc(C=CCNC(C)=O)c1C#N. The molecule has 88 valence electrons. The van der Waals surface area contributed by atoms with E-state index in [1.54, 1.807) is 18.2 Å². The molecule has 0 spiro atoms. The first-order valence-corrected chi connectivity index (χ1v) is 5.17. The third kappa shape index (κ3) is 3.65. The molecule has 0 radical (unpaired) electrons. The van der Waals surface area contributed by atoms with E-state index in [0.717, 1.165) is 5.56 Å². The van der Waals surface area contributed by atoms with Gasteiger partial charge in [-0.2, -0.15) is 5.26 Å². The van der Waals surface area contributed by atoms with Crippen molar-refractivity contribution < 1.29 is 9.53 Å². The minimum absolute atomic E-state index is 0.0826. The van der Waals surface area contributed by atoms with Gasteiger partial charge >= 0.3 is 0 Å². The van der Waals surface area contributed by atoms with Crippen molar-refractivity contribution >= 4 is 12.0 Å². The molecule has 0 aliphatic heterocycles. The smallest absolute Gasteiger partial charge is 0.217 e. The average molecular weight is 230 g/mol. The van der Waals surface area contributed by atoms with E-state index in [1.807, 2.05) is 12.1 Å². The number of nitriles is 1. The van der Waals surface area contributed by atoms with E-state index >= 15 is 0 Å². The molecule has 1 aromatic carbocycles. The summed E-state index contributed by atoms with van der Waals surface area (Å²) in [5, 5.41) is 11.7. The summed E-state index contributed by atoms with van der Waals surface area (Å²) in [6.45, 7) is 1.90. The highest BCUT2D eigenvalue weighted by atomic mass is 16.5. The lowest BCUT2D eigenvalue weighted by atomic mass is 10.1. The van der Waals surface area contributed by atoms with Crippen LogP contribution in [0.3, 0.4) is 0 Å². The number of amides is 1. The number of methoxy groups -OCH3 is 1. The lowest BCUT2D eigenvalue weighted by Gasteiger charge is -2.04. The highest BCUT2D eigenvalue weighted by Crippen LogP contribution is 2.21. The number of carbonyl (C=O) groups is 1. The van der Waals surface area contributed by atoms with Crippen molar-refractivity contribution in [2.75, 3.05) is 13.7 Å². The first-order chi connectivity index (χ1) is 8.19. The van der Waals surface area contributed by atoms with Crippen molar-refractivity contribution in [2.24, 2.45) is 0 Å². The Bertz CT molecular complexity index is 473. The van der Waals surface area contributed by atoms with Crippen molar-refractivity contribution in [3.05, 3.63) is 35.4 Å².